The summed E-state index contributed by atoms with van der Waals surface area (Å²) in [6.45, 7) is 5.09. The number of ether oxygens (including phenoxy) is 1. The minimum absolute atomic E-state index is 0.294. The van der Waals surface area contributed by atoms with Gasteiger partial charge in [-0.3, -0.25) is 0 Å². The Morgan fingerprint density at radius 1 is 1.18 bits per heavy atom. The zero-order chi connectivity index (χ0) is 22.7. The van der Waals surface area contributed by atoms with Gasteiger partial charge in [0.2, 0.25) is 5.95 Å². The van der Waals surface area contributed by atoms with Gasteiger partial charge in [-0.05, 0) is 44.4 Å². The Balaban J connectivity index is 0.000000243. The number of aromatic nitrogens is 2. The number of hydrogen-bond acceptors (Lipinski definition) is 8. The number of benzene rings is 1. The molecule has 0 aliphatic carbocycles. The van der Waals surface area contributed by atoms with Gasteiger partial charge in [0.05, 0.1) is 11.4 Å². The number of aryl methyl sites for hydroxylation is 1. The van der Waals surface area contributed by atoms with E-state index in [1.807, 2.05) is 37.0 Å². The summed E-state index contributed by atoms with van der Waals surface area (Å²) in [7, 11) is 2.01. The molecule has 2 fully saturated rings. The maximum Gasteiger partial charge on any atom is 0.225 e. The van der Waals surface area contributed by atoms with Gasteiger partial charge in [-0.25, -0.2) is 9.97 Å². The van der Waals surface area contributed by atoms with Crippen LogP contribution in [0.4, 0.5) is 11.6 Å². The Bertz CT molecular complexity index is 944. The molecule has 6 rings (SSSR count). The van der Waals surface area contributed by atoms with Crippen LogP contribution in [-0.2, 0) is 16.6 Å². The predicted octanol–water partition coefficient (Wildman–Crippen LogP) is 4.15. The van der Waals surface area contributed by atoms with Crippen LogP contribution >= 0.6 is 23.7 Å². The summed E-state index contributed by atoms with van der Waals surface area (Å²) in [6.07, 6.45) is 10.0. The lowest BCUT2D eigenvalue weighted by Gasteiger charge is -2.39. The summed E-state index contributed by atoms with van der Waals surface area (Å²) in [5.41, 5.74) is 4.49. The summed E-state index contributed by atoms with van der Waals surface area (Å²) in [5.74, 6) is 2.09. The highest BCUT2D eigenvalue weighted by atomic mass is 32.2. The van der Waals surface area contributed by atoms with Crippen LogP contribution in [0.1, 0.15) is 36.9 Å². The highest BCUT2D eigenvalue weighted by Gasteiger charge is 2.44. The lowest BCUT2D eigenvalue weighted by molar-refractivity contribution is 0.0799. The molecule has 178 valence electrons. The lowest BCUT2D eigenvalue weighted by Crippen LogP contribution is -2.45. The topological polar surface area (TPSA) is 53.5 Å². The van der Waals surface area contributed by atoms with Gasteiger partial charge in [0, 0.05) is 73.8 Å². The van der Waals surface area contributed by atoms with Crippen molar-refractivity contribution in [3.63, 3.8) is 0 Å². The SMILES string of the molecule is CNC1CCOCC1.CSN1CC2(CCN(c3ncc4c(n3)CCS4)CC2)c2ccccc21. The second-order valence-corrected chi connectivity index (χ2v) is 11.2. The van der Waals surface area contributed by atoms with Crippen molar-refractivity contribution in [2.75, 3.05) is 61.1 Å². The number of thioether (sulfide) groups is 1. The smallest absolute Gasteiger partial charge is 0.225 e. The van der Waals surface area contributed by atoms with Crippen LogP contribution in [0.25, 0.3) is 0 Å². The normalized spacial score (nSPS) is 21.5. The first-order valence-electron chi connectivity index (χ1n) is 12.1. The first-order valence-corrected chi connectivity index (χ1v) is 14.3. The Morgan fingerprint density at radius 3 is 2.70 bits per heavy atom. The minimum Gasteiger partial charge on any atom is -0.381 e. The quantitative estimate of drug-likeness (QED) is 0.651. The van der Waals surface area contributed by atoms with E-state index in [0.717, 1.165) is 51.0 Å². The third-order valence-electron chi connectivity index (χ3n) is 7.46. The molecule has 1 spiro atoms. The summed E-state index contributed by atoms with van der Waals surface area (Å²) >= 11 is 3.73. The van der Waals surface area contributed by atoms with Crippen molar-refractivity contribution < 1.29 is 4.74 Å². The highest BCUT2D eigenvalue weighted by molar-refractivity contribution is 8.00. The van der Waals surface area contributed by atoms with Gasteiger partial charge in [0.25, 0.3) is 0 Å². The van der Waals surface area contributed by atoms with Crippen LogP contribution in [0.5, 0.6) is 0 Å². The molecular weight excluding hydrogens is 450 g/mol. The van der Waals surface area contributed by atoms with Crippen molar-refractivity contribution in [3.05, 3.63) is 41.7 Å². The van der Waals surface area contributed by atoms with Crippen LogP contribution in [0.2, 0.25) is 0 Å². The lowest BCUT2D eigenvalue weighted by atomic mass is 9.74. The van der Waals surface area contributed by atoms with E-state index < -0.39 is 0 Å². The monoisotopic (exact) mass is 485 g/mol. The molecular formula is C25H35N5OS2. The molecule has 4 aliphatic heterocycles. The van der Waals surface area contributed by atoms with Crippen molar-refractivity contribution in [2.45, 2.75) is 48.5 Å². The van der Waals surface area contributed by atoms with Gasteiger partial charge < -0.3 is 19.3 Å². The molecule has 1 aromatic carbocycles. The molecule has 0 atom stereocenters. The number of fused-ring (bicyclic) bond motifs is 3. The zero-order valence-corrected chi connectivity index (χ0v) is 21.4. The minimum atomic E-state index is 0.294. The number of para-hydroxylation sites is 1. The Kier molecular flexibility index (Phi) is 7.35. The van der Waals surface area contributed by atoms with Crippen LogP contribution in [0.3, 0.4) is 0 Å². The first kappa shape index (κ1) is 23.3. The van der Waals surface area contributed by atoms with E-state index in [9.17, 15) is 0 Å². The van der Waals surface area contributed by atoms with Crippen molar-refractivity contribution in [1.82, 2.24) is 15.3 Å². The average Bonchev–Trinajstić information content (AvgIpc) is 3.48. The number of rotatable bonds is 3. The van der Waals surface area contributed by atoms with Gasteiger partial charge >= 0.3 is 0 Å². The molecule has 5 heterocycles. The van der Waals surface area contributed by atoms with Gasteiger partial charge in [-0.1, -0.05) is 30.1 Å². The maximum absolute atomic E-state index is 5.16. The molecule has 1 aromatic heterocycles. The molecule has 1 N–H and O–H groups in total. The number of hydrogen-bond donors (Lipinski definition) is 1. The molecule has 0 bridgehead atoms. The molecule has 0 unspecified atom stereocenters. The molecule has 0 saturated carbocycles. The summed E-state index contributed by atoms with van der Waals surface area (Å²) in [6, 6.07) is 9.67. The van der Waals surface area contributed by atoms with E-state index in [4.69, 9.17) is 9.72 Å². The van der Waals surface area contributed by atoms with E-state index >= 15 is 0 Å². The fraction of sp³-hybridized carbons (Fsp3) is 0.600. The van der Waals surface area contributed by atoms with Gasteiger partial charge in [-0.2, -0.15) is 0 Å². The first-order chi connectivity index (χ1) is 16.2. The third kappa shape index (κ3) is 4.85. The van der Waals surface area contributed by atoms with Crippen molar-refractivity contribution >= 4 is 35.3 Å². The van der Waals surface area contributed by atoms with Gasteiger partial charge in [-0.15, -0.1) is 11.8 Å². The van der Waals surface area contributed by atoms with Crippen molar-refractivity contribution in [1.29, 1.82) is 0 Å². The maximum atomic E-state index is 5.16. The molecule has 6 nitrogen and oxygen atoms in total. The van der Waals surface area contributed by atoms with Crippen LogP contribution in [-0.4, -0.2) is 67.9 Å². The second-order valence-electron chi connectivity index (χ2n) is 9.26. The van der Waals surface area contributed by atoms with E-state index in [1.165, 1.54) is 47.5 Å². The molecule has 33 heavy (non-hydrogen) atoms. The predicted molar refractivity (Wildman–Crippen MR) is 140 cm³/mol. The second kappa shape index (κ2) is 10.4. The Hall–Kier alpha value is -1.48. The molecule has 2 aromatic rings. The molecule has 0 radical (unpaired) electrons. The van der Waals surface area contributed by atoms with E-state index in [-0.39, 0.29) is 0 Å². The van der Waals surface area contributed by atoms with E-state index in [0.29, 0.717) is 11.5 Å². The summed E-state index contributed by atoms with van der Waals surface area (Å²) in [4.78, 5) is 13.2. The van der Waals surface area contributed by atoms with E-state index in [1.54, 1.807) is 0 Å². The Labute approximate surface area is 206 Å². The fourth-order valence-corrected chi connectivity index (χ4v) is 7.09. The molecule has 8 heteroatoms. The van der Waals surface area contributed by atoms with Crippen LogP contribution in [0.15, 0.2) is 35.4 Å². The molecule has 2 saturated heterocycles. The Morgan fingerprint density at radius 2 is 1.97 bits per heavy atom. The van der Waals surface area contributed by atoms with Crippen molar-refractivity contribution in [2.24, 2.45) is 0 Å². The molecule has 0 amide bonds. The van der Waals surface area contributed by atoms with Gasteiger partial charge in [0.1, 0.15) is 0 Å². The zero-order valence-electron chi connectivity index (χ0n) is 19.8. The molecule has 4 aliphatic rings. The fourth-order valence-electron chi connectivity index (χ4n) is 5.40. The third-order valence-corrected chi connectivity index (χ3v) is 9.28. The number of piperidine rings is 1. The van der Waals surface area contributed by atoms with Gasteiger partial charge in [0.15, 0.2) is 0 Å². The summed E-state index contributed by atoms with van der Waals surface area (Å²) < 4.78 is 7.63. The summed E-state index contributed by atoms with van der Waals surface area (Å²) in [5, 5.41) is 3.22. The largest absolute Gasteiger partial charge is 0.381 e. The average molecular weight is 486 g/mol. The number of nitrogens with zero attached hydrogens (tertiary/aromatic N) is 4. The van der Waals surface area contributed by atoms with E-state index in [2.05, 4.69) is 50.0 Å². The highest BCUT2D eigenvalue weighted by Crippen LogP contribution is 2.49. The number of nitrogens with one attached hydrogen (secondary N) is 1. The van der Waals surface area contributed by atoms with Crippen LogP contribution < -0.4 is 14.5 Å². The standard InChI is InChI=1S/C19H22N4S2.C6H13NO/c1-24-23-13-19(14-4-2-3-5-16(14)23)7-9-22(10-8-19)18-20-12-17-15(21-18)6-11-25-17;1-7-6-2-4-8-5-3-6/h2-5,12H,6-11,13H2,1H3;6-7H,2-5H2,1H3. The number of anilines is 2. The van der Waals surface area contributed by atoms with Crippen molar-refractivity contribution in [3.8, 4) is 0 Å². The van der Waals surface area contributed by atoms with Crippen LogP contribution in [0, 0.1) is 0 Å².